The smallest absolute Gasteiger partial charge is 0.226 e. The Balaban J connectivity index is 2.43. The number of fused-ring (bicyclic) bond motifs is 1. The highest BCUT2D eigenvalue weighted by Crippen LogP contribution is 2.21. The molecule has 2 heterocycles. The van der Waals surface area contributed by atoms with E-state index in [2.05, 4.69) is 38.7 Å². The molecular formula is C11H16ClN5. The first-order valence-corrected chi connectivity index (χ1v) is 6.05. The van der Waals surface area contributed by atoms with Crippen LogP contribution in [0, 0.1) is 5.92 Å². The number of hydrogen-bond donors (Lipinski definition) is 1. The molecular weight excluding hydrogens is 238 g/mol. The van der Waals surface area contributed by atoms with Crippen LogP contribution in [0.5, 0.6) is 0 Å². The zero-order valence-corrected chi connectivity index (χ0v) is 11.0. The molecule has 6 heteroatoms. The number of anilines is 1. The number of aromatic nitrogens is 4. The van der Waals surface area contributed by atoms with Crippen LogP contribution in [-0.2, 0) is 6.54 Å². The lowest BCUT2D eigenvalue weighted by Gasteiger charge is -2.09. The third-order valence-electron chi connectivity index (χ3n) is 2.63. The first kappa shape index (κ1) is 12.1. The molecule has 0 aliphatic rings. The molecule has 0 bridgehead atoms. The number of nitrogens with zero attached hydrogens (tertiary/aromatic N) is 4. The number of hydrogen-bond acceptors (Lipinski definition) is 4. The minimum absolute atomic E-state index is 0.218. The largest absolute Gasteiger partial charge is 0.371 e. The van der Waals surface area contributed by atoms with Gasteiger partial charge in [-0.3, -0.25) is 0 Å². The highest BCUT2D eigenvalue weighted by molar-refractivity contribution is 6.28. The molecule has 0 aliphatic carbocycles. The van der Waals surface area contributed by atoms with Gasteiger partial charge in [0, 0.05) is 13.6 Å². The first-order chi connectivity index (χ1) is 8.11. The molecule has 0 aromatic carbocycles. The second-order valence-electron chi connectivity index (χ2n) is 4.38. The maximum absolute atomic E-state index is 5.83. The molecule has 0 aliphatic heterocycles. The van der Waals surface area contributed by atoms with Crippen LogP contribution in [0.2, 0.25) is 5.28 Å². The summed E-state index contributed by atoms with van der Waals surface area (Å²) in [6.07, 6.45) is 2.89. The zero-order valence-electron chi connectivity index (χ0n) is 10.2. The van der Waals surface area contributed by atoms with Gasteiger partial charge < -0.3 is 9.88 Å². The van der Waals surface area contributed by atoms with Gasteiger partial charge in [0.2, 0.25) is 5.28 Å². The number of rotatable bonds is 4. The molecule has 0 spiro atoms. The van der Waals surface area contributed by atoms with E-state index < -0.39 is 0 Å². The minimum Gasteiger partial charge on any atom is -0.371 e. The summed E-state index contributed by atoms with van der Waals surface area (Å²) in [6.45, 7) is 5.31. The second kappa shape index (κ2) is 4.87. The van der Waals surface area contributed by atoms with Gasteiger partial charge in [-0.2, -0.15) is 9.97 Å². The van der Waals surface area contributed by atoms with Crippen LogP contribution < -0.4 is 5.32 Å². The van der Waals surface area contributed by atoms with E-state index in [1.54, 1.807) is 6.33 Å². The molecule has 5 nitrogen and oxygen atoms in total. The fraction of sp³-hybridized carbons (Fsp3) is 0.545. The van der Waals surface area contributed by atoms with E-state index in [9.17, 15) is 0 Å². The van der Waals surface area contributed by atoms with Crippen LogP contribution in [0.25, 0.3) is 11.2 Å². The molecule has 0 atom stereocenters. The second-order valence-corrected chi connectivity index (χ2v) is 4.72. The maximum Gasteiger partial charge on any atom is 0.226 e. The van der Waals surface area contributed by atoms with E-state index in [-0.39, 0.29) is 5.28 Å². The molecule has 0 saturated carbocycles. The van der Waals surface area contributed by atoms with Crippen LogP contribution in [0.4, 0.5) is 5.82 Å². The quantitative estimate of drug-likeness (QED) is 0.851. The summed E-state index contributed by atoms with van der Waals surface area (Å²) in [4.78, 5) is 12.5. The summed E-state index contributed by atoms with van der Waals surface area (Å²) in [5.41, 5.74) is 1.55. The van der Waals surface area contributed by atoms with Gasteiger partial charge in [0.25, 0.3) is 0 Å². The summed E-state index contributed by atoms with van der Waals surface area (Å²) in [7, 11) is 1.82. The van der Waals surface area contributed by atoms with Crippen LogP contribution in [0.3, 0.4) is 0 Å². The Morgan fingerprint density at radius 2 is 2.18 bits per heavy atom. The summed E-state index contributed by atoms with van der Waals surface area (Å²) in [6, 6.07) is 0. The van der Waals surface area contributed by atoms with E-state index in [1.165, 1.54) is 0 Å². The average molecular weight is 254 g/mol. The number of halogens is 1. The van der Waals surface area contributed by atoms with E-state index in [0.29, 0.717) is 11.6 Å². The van der Waals surface area contributed by atoms with Crippen molar-refractivity contribution in [2.75, 3.05) is 12.4 Å². The van der Waals surface area contributed by atoms with Crippen LogP contribution in [-0.4, -0.2) is 26.6 Å². The standard InChI is InChI=1S/C11H16ClN5/c1-7(2)4-5-17-6-14-10-8(17)9(13-3)15-11(12)16-10/h6-7H,4-5H2,1-3H3,(H,13,15,16). The lowest BCUT2D eigenvalue weighted by Crippen LogP contribution is -2.04. The van der Waals surface area contributed by atoms with Crippen LogP contribution in [0.1, 0.15) is 20.3 Å². The third-order valence-corrected chi connectivity index (χ3v) is 2.80. The van der Waals surface area contributed by atoms with Gasteiger partial charge >= 0.3 is 0 Å². The van der Waals surface area contributed by atoms with Crippen molar-refractivity contribution in [2.24, 2.45) is 5.92 Å². The Labute approximate surface area is 105 Å². The average Bonchev–Trinajstić information content (AvgIpc) is 2.68. The van der Waals surface area contributed by atoms with Crippen molar-refractivity contribution in [3.63, 3.8) is 0 Å². The van der Waals surface area contributed by atoms with E-state index in [1.807, 2.05) is 7.05 Å². The zero-order chi connectivity index (χ0) is 12.4. The Bertz CT molecular complexity index is 520. The molecule has 0 radical (unpaired) electrons. The fourth-order valence-corrected chi connectivity index (χ4v) is 1.86. The van der Waals surface area contributed by atoms with Crippen molar-refractivity contribution >= 4 is 28.6 Å². The lowest BCUT2D eigenvalue weighted by atomic mass is 10.1. The van der Waals surface area contributed by atoms with Gasteiger partial charge in [-0.15, -0.1) is 0 Å². The molecule has 0 amide bonds. The normalized spacial score (nSPS) is 11.4. The SMILES string of the molecule is CNc1nc(Cl)nc2ncn(CCC(C)C)c12. The summed E-state index contributed by atoms with van der Waals surface area (Å²) < 4.78 is 2.07. The lowest BCUT2D eigenvalue weighted by molar-refractivity contribution is 0.523. The monoisotopic (exact) mass is 253 g/mol. The predicted octanol–water partition coefficient (Wildman–Crippen LogP) is 2.57. The fourth-order valence-electron chi connectivity index (χ4n) is 1.69. The highest BCUT2D eigenvalue weighted by atomic mass is 35.5. The van der Waals surface area contributed by atoms with Crippen LogP contribution in [0.15, 0.2) is 6.33 Å². The molecule has 0 unspecified atom stereocenters. The number of nitrogens with one attached hydrogen (secondary N) is 1. The topological polar surface area (TPSA) is 55.6 Å². The minimum atomic E-state index is 0.218. The number of aryl methyl sites for hydroxylation is 1. The highest BCUT2D eigenvalue weighted by Gasteiger charge is 2.11. The summed E-state index contributed by atoms with van der Waals surface area (Å²) in [5.74, 6) is 1.37. The van der Waals surface area contributed by atoms with Gasteiger partial charge in [0.15, 0.2) is 11.5 Å². The molecule has 92 valence electrons. The van der Waals surface area contributed by atoms with E-state index in [4.69, 9.17) is 11.6 Å². The Kier molecular flexibility index (Phi) is 3.47. The van der Waals surface area contributed by atoms with Crippen molar-refractivity contribution in [1.82, 2.24) is 19.5 Å². The molecule has 17 heavy (non-hydrogen) atoms. The van der Waals surface area contributed by atoms with Gasteiger partial charge in [-0.25, -0.2) is 4.98 Å². The molecule has 2 rings (SSSR count). The predicted molar refractivity (Wildman–Crippen MR) is 69.3 cm³/mol. The Morgan fingerprint density at radius 3 is 2.82 bits per heavy atom. The van der Waals surface area contributed by atoms with Gasteiger partial charge in [0.1, 0.15) is 5.52 Å². The van der Waals surface area contributed by atoms with Crippen molar-refractivity contribution in [2.45, 2.75) is 26.8 Å². The maximum atomic E-state index is 5.83. The van der Waals surface area contributed by atoms with Gasteiger partial charge in [-0.05, 0) is 23.9 Å². The first-order valence-electron chi connectivity index (χ1n) is 5.68. The molecule has 0 saturated heterocycles. The Hall–Kier alpha value is -1.36. The molecule has 1 N–H and O–H groups in total. The molecule has 2 aromatic rings. The molecule has 0 fully saturated rings. The van der Waals surface area contributed by atoms with E-state index >= 15 is 0 Å². The van der Waals surface area contributed by atoms with Crippen molar-refractivity contribution < 1.29 is 0 Å². The molecule has 2 aromatic heterocycles. The van der Waals surface area contributed by atoms with Gasteiger partial charge in [0.05, 0.1) is 6.33 Å². The van der Waals surface area contributed by atoms with Crippen molar-refractivity contribution in [1.29, 1.82) is 0 Å². The third kappa shape index (κ3) is 2.49. The van der Waals surface area contributed by atoms with Crippen molar-refractivity contribution in [3.8, 4) is 0 Å². The Morgan fingerprint density at radius 1 is 1.41 bits per heavy atom. The summed E-state index contributed by atoms with van der Waals surface area (Å²) >= 11 is 5.83. The van der Waals surface area contributed by atoms with Gasteiger partial charge in [-0.1, -0.05) is 13.8 Å². The van der Waals surface area contributed by atoms with Crippen LogP contribution >= 0.6 is 11.6 Å². The van der Waals surface area contributed by atoms with Crippen molar-refractivity contribution in [3.05, 3.63) is 11.6 Å². The number of imidazole rings is 1. The van der Waals surface area contributed by atoms with E-state index in [0.717, 1.165) is 24.3 Å². The summed E-state index contributed by atoms with van der Waals surface area (Å²) in [5, 5.41) is 3.25.